The lowest BCUT2D eigenvalue weighted by Crippen LogP contribution is -2.25. The van der Waals surface area contributed by atoms with Gasteiger partial charge in [0, 0.05) is 26.4 Å². The molecule has 0 radical (unpaired) electrons. The standard InChI is InChI=1S/C23H18BrNO3S/c24-17-11-9-16(10-12-17)20(26)15-28-23(27)13-14-25-18-5-1-3-7-21(18)29-22-8-4-2-6-19(22)25/h1-12H,13-15H2. The molecule has 0 unspecified atom stereocenters. The Labute approximate surface area is 182 Å². The molecule has 0 fully saturated rings. The Morgan fingerprint density at radius 3 is 2.07 bits per heavy atom. The van der Waals surface area contributed by atoms with Crippen molar-refractivity contribution >= 4 is 50.8 Å². The normalized spacial score (nSPS) is 12.1. The second-order valence-corrected chi connectivity index (χ2v) is 8.53. The highest BCUT2D eigenvalue weighted by Gasteiger charge is 2.23. The Bertz CT molecular complexity index is 1010. The molecule has 0 bridgehead atoms. The van der Waals surface area contributed by atoms with Gasteiger partial charge in [-0.2, -0.15) is 0 Å². The van der Waals surface area contributed by atoms with Crippen LogP contribution in [-0.2, 0) is 9.53 Å². The minimum atomic E-state index is -0.386. The number of ketones is 1. The predicted octanol–water partition coefficient (Wildman–Crippen LogP) is 5.87. The van der Waals surface area contributed by atoms with Crippen molar-refractivity contribution in [3.05, 3.63) is 82.8 Å². The third-order valence-electron chi connectivity index (χ3n) is 4.60. The first-order valence-corrected chi connectivity index (χ1v) is 10.8. The zero-order valence-corrected chi connectivity index (χ0v) is 17.9. The molecule has 0 spiro atoms. The predicted molar refractivity (Wildman–Crippen MR) is 118 cm³/mol. The van der Waals surface area contributed by atoms with Crippen LogP contribution in [0.15, 0.2) is 87.1 Å². The number of ether oxygens (including phenoxy) is 1. The van der Waals surface area contributed by atoms with Gasteiger partial charge in [-0.05, 0) is 36.4 Å². The summed E-state index contributed by atoms with van der Waals surface area (Å²) in [5.41, 5.74) is 2.68. The summed E-state index contributed by atoms with van der Waals surface area (Å²) in [5.74, 6) is -0.598. The maximum atomic E-state index is 12.3. The first kappa shape index (κ1) is 19.7. The average molecular weight is 468 g/mol. The molecule has 29 heavy (non-hydrogen) atoms. The number of esters is 1. The van der Waals surface area contributed by atoms with Crippen LogP contribution < -0.4 is 4.90 Å². The number of para-hydroxylation sites is 2. The van der Waals surface area contributed by atoms with Crippen LogP contribution in [0.1, 0.15) is 16.8 Å². The molecule has 4 rings (SSSR count). The van der Waals surface area contributed by atoms with Gasteiger partial charge >= 0.3 is 5.97 Å². The minimum Gasteiger partial charge on any atom is -0.457 e. The van der Waals surface area contributed by atoms with Crippen LogP contribution in [0, 0.1) is 0 Å². The van der Waals surface area contributed by atoms with E-state index in [-0.39, 0.29) is 24.8 Å². The zero-order valence-electron chi connectivity index (χ0n) is 15.5. The third kappa shape index (κ3) is 4.54. The Morgan fingerprint density at radius 2 is 1.45 bits per heavy atom. The molecule has 146 valence electrons. The molecule has 0 N–H and O–H groups in total. The molecular weight excluding hydrogens is 450 g/mol. The average Bonchev–Trinajstić information content (AvgIpc) is 2.75. The summed E-state index contributed by atoms with van der Waals surface area (Å²) in [4.78, 5) is 28.9. The molecule has 0 atom stereocenters. The van der Waals surface area contributed by atoms with Gasteiger partial charge in [0.05, 0.1) is 17.8 Å². The third-order valence-corrected chi connectivity index (χ3v) is 6.26. The maximum Gasteiger partial charge on any atom is 0.308 e. The van der Waals surface area contributed by atoms with Crippen LogP contribution in [0.3, 0.4) is 0 Å². The molecule has 0 saturated heterocycles. The van der Waals surface area contributed by atoms with E-state index in [2.05, 4.69) is 45.1 Å². The summed E-state index contributed by atoms with van der Waals surface area (Å²) in [5, 5.41) is 0. The van der Waals surface area contributed by atoms with Gasteiger partial charge in [-0.3, -0.25) is 9.59 Å². The van der Waals surface area contributed by atoms with E-state index in [9.17, 15) is 9.59 Å². The summed E-state index contributed by atoms with van der Waals surface area (Å²) in [6, 6.07) is 23.3. The molecule has 0 saturated carbocycles. The highest BCUT2D eigenvalue weighted by molar-refractivity contribution is 9.10. The SMILES string of the molecule is O=C(CCN1c2ccccc2Sc2ccccc21)OCC(=O)c1ccc(Br)cc1. The van der Waals surface area contributed by atoms with Crippen molar-refractivity contribution in [3.8, 4) is 0 Å². The highest BCUT2D eigenvalue weighted by Crippen LogP contribution is 2.47. The van der Waals surface area contributed by atoms with Crippen LogP contribution in [0.2, 0.25) is 0 Å². The van der Waals surface area contributed by atoms with E-state index in [1.54, 1.807) is 36.0 Å². The molecule has 1 heterocycles. The van der Waals surface area contributed by atoms with E-state index in [1.165, 1.54) is 0 Å². The molecule has 6 heteroatoms. The van der Waals surface area contributed by atoms with E-state index in [1.807, 2.05) is 24.3 Å². The number of hydrogen-bond acceptors (Lipinski definition) is 5. The zero-order chi connectivity index (χ0) is 20.2. The van der Waals surface area contributed by atoms with Crippen molar-refractivity contribution < 1.29 is 14.3 Å². The van der Waals surface area contributed by atoms with Crippen molar-refractivity contribution in [2.24, 2.45) is 0 Å². The number of fused-ring (bicyclic) bond motifs is 2. The fourth-order valence-corrected chi connectivity index (χ4v) is 4.52. The number of nitrogens with zero attached hydrogens (tertiary/aromatic N) is 1. The quantitative estimate of drug-likeness (QED) is 0.335. The summed E-state index contributed by atoms with van der Waals surface area (Å²) >= 11 is 5.06. The fraction of sp³-hybridized carbons (Fsp3) is 0.130. The Morgan fingerprint density at radius 1 is 0.862 bits per heavy atom. The van der Waals surface area contributed by atoms with Crippen LogP contribution in [-0.4, -0.2) is 24.9 Å². The molecule has 1 aliphatic heterocycles. The molecule has 1 aliphatic rings. The minimum absolute atomic E-state index is 0.195. The van der Waals surface area contributed by atoms with Gasteiger partial charge in [0.2, 0.25) is 0 Å². The van der Waals surface area contributed by atoms with E-state index < -0.39 is 0 Å². The summed E-state index contributed by atoms with van der Waals surface area (Å²) < 4.78 is 6.12. The number of Topliss-reactive ketones (excluding diaryl/α,β-unsaturated/α-hetero) is 1. The van der Waals surface area contributed by atoms with Gasteiger partial charge in [0.15, 0.2) is 12.4 Å². The Hall–Kier alpha value is -2.57. The molecule has 3 aromatic carbocycles. The lowest BCUT2D eigenvalue weighted by atomic mass is 10.1. The molecule has 0 aromatic heterocycles. The van der Waals surface area contributed by atoms with E-state index in [0.717, 1.165) is 25.6 Å². The van der Waals surface area contributed by atoms with Crippen molar-refractivity contribution in [2.75, 3.05) is 18.1 Å². The van der Waals surface area contributed by atoms with E-state index >= 15 is 0 Å². The van der Waals surface area contributed by atoms with Gasteiger partial charge in [0.25, 0.3) is 0 Å². The van der Waals surface area contributed by atoms with Gasteiger partial charge in [0.1, 0.15) is 0 Å². The lowest BCUT2D eigenvalue weighted by molar-refractivity contribution is -0.142. The number of carbonyl (C=O) groups is 2. The number of anilines is 2. The van der Waals surface area contributed by atoms with Gasteiger partial charge in [-0.25, -0.2) is 0 Å². The van der Waals surface area contributed by atoms with Crippen LogP contribution in [0.4, 0.5) is 11.4 Å². The van der Waals surface area contributed by atoms with Crippen LogP contribution in [0.25, 0.3) is 0 Å². The first-order chi connectivity index (χ1) is 14.1. The van der Waals surface area contributed by atoms with Gasteiger partial charge in [-0.1, -0.05) is 64.1 Å². The topological polar surface area (TPSA) is 46.6 Å². The number of carbonyl (C=O) groups excluding carboxylic acids is 2. The lowest BCUT2D eigenvalue weighted by Gasteiger charge is -2.32. The number of halogens is 1. The molecule has 4 nitrogen and oxygen atoms in total. The first-order valence-electron chi connectivity index (χ1n) is 9.19. The van der Waals surface area contributed by atoms with Crippen LogP contribution >= 0.6 is 27.7 Å². The monoisotopic (exact) mass is 467 g/mol. The second-order valence-electron chi connectivity index (χ2n) is 6.53. The maximum absolute atomic E-state index is 12.3. The molecule has 3 aromatic rings. The van der Waals surface area contributed by atoms with E-state index in [0.29, 0.717) is 12.1 Å². The van der Waals surface area contributed by atoms with Crippen molar-refractivity contribution in [2.45, 2.75) is 16.2 Å². The number of hydrogen-bond donors (Lipinski definition) is 0. The summed E-state index contributed by atoms with van der Waals surface area (Å²) in [6.45, 7) is 0.239. The largest absolute Gasteiger partial charge is 0.457 e. The summed E-state index contributed by atoms with van der Waals surface area (Å²) in [6.07, 6.45) is 0.195. The fourth-order valence-electron chi connectivity index (χ4n) is 3.16. The molecular formula is C23H18BrNO3S. The van der Waals surface area contributed by atoms with Crippen molar-refractivity contribution in [1.82, 2.24) is 0 Å². The Kier molecular flexibility index (Phi) is 6.02. The van der Waals surface area contributed by atoms with Crippen LogP contribution in [0.5, 0.6) is 0 Å². The van der Waals surface area contributed by atoms with Gasteiger partial charge in [-0.15, -0.1) is 0 Å². The molecule has 0 aliphatic carbocycles. The number of rotatable bonds is 6. The second kappa shape index (κ2) is 8.84. The molecule has 0 amide bonds. The summed E-state index contributed by atoms with van der Waals surface area (Å²) in [7, 11) is 0. The van der Waals surface area contributed by atoms with E-state index in [4.69, 9.17) is 4.74 Å². The Balaban J connectivity index is 1.39. The van der Waals surface area contributed by atoms with Gasteiger partial charge < -0.3 is 9.64 Å². The highest BCUT2D eigenvalue weighted by atomic mass is 79.9. The van der Waals surface area contributed by atoms with Crippen molar-refractivity contribution in [3.63, 3.8) is 0 Å². The number of benzene rings is 3. The van der Waals surface area contributed by atoms with Crippen molar-refractivity contribution in [1.29, 1.82) is 0 Å². The smallest absolute Gasteiger partial charge is 0.308 e.